The Morgan fingerprint density at radius 2 is 2.12 bits per heavy atom. The Morgan fingerprint density at radius 1 is 1.44 bits per heavy atom. The molecule has 1 aliphatic heterocycles. The van der Waals surface area contributed by atoms with Crippen LogP contribution in [0.3, 0.4) is 0 Å². The third-order valence-electron chi connectivity index (χ3n) is 2.57. The van der Waals surface area contributed by atoms with Gasteiger partial charge in [0.25, 0.3) is 0 Å². The van der Waals surface area contributed by atoms with Gasteiger partial charge >= 0.3 is 0 Å². The number of likely N-dealkylation sites (tertiary alicyclic amines) is 1. The van der Waals surface area contributed by atoms with E-state index < -0.39 is 0 Å². The van der Waals surface area contributed by atoms with Crippen LogP contribution < -0.4 is 0 Å². The largest absolute Gasteiger partial charge is 0.340 e. The van der Waals surface area contributed by atoms with Crippen LogP contribution >= 0.6 is 11.6 Å². The fraction of sp³-hybridized carbons (Fsp3) is 0.500. The topological polar surface area (TPSA) is 55.2 Å². The average Bonchev–Trinajstić information content (AvgIpc) is 2.65. The van der Waals surface area contributed by atoms with Gasteiger partial charge in [0.1, 0.15) is 12.3 Å². The molecule has 16 heavy (non-hydrogen) atoms. The molecule has 2 heterocycles. The van der Waals surface area contributed by atoms with E-state index in [2.05, 4.69) is 5.10 Å². The number of ketones is 1. The van der Waals surface area contributed by atoms with Gasteiger partial charge in [-0.25, -0.2) is 0 Å². The normalized spacial score (nSPS) is 16.6. The number of rotatable bonds is 2. The molecule has 1 saturated heterocycles. The highest BCUT2D eigenvalue weighted by Crippen LogP contribution is 2.08. The van der Waals surface area contributed by atoms with Crippen LogP contribution in [0.4, 0.5) is 0 Å². The van der Waals surface area contributed by atoms with Crippen LogP contribution in [0.5, 0.6) is 0 Å². The first-order valence-corrected chi connectivity index (χ1v) is 5.50. The van der Waals surface area contributed by atoms with Crippen molar-refractivity contribution in [3.63, 3.8) is 0 Å². The number of carbonyl (C=O) groups is 2. The van der Waals surface area contributed by atoms with Crippen molar-refractivity contribution < 1.29 is 9.59 Å². The first-order valence-electron chi connectivity index (χ1n) is 5.12. The van der Waals surface area contributed by atoms with Crippen LogP contribution in [-0.4, -0.2) is 39.5 Å². The fourth-order valence-electron chi connectivity index (χ4n) is 1.67. The highest BCUT2D eigenvalue weighted by atomic mass is 35.5. The quantitative estimate of drug-likeness (QED) is 0.767. The molecule has 0 radical (unpaired) electrons. The van der Waals surface area contributed by atoms with Crippen LogP contribution in [0.1, 0.15) is 12.8 Å². The van der Waals surface area contributed by atoms with Crippen molar-refractivity contribution in [1.29, 1.82) is 0 Å². The Hall–Kier alpha value is -1.36. The molecule has 0 unspecified atom stereocenters. The molecule has 1 aliphatic rings. The summed E-state index contributed by atoms with van der Waals surface area (Å²) in [6, 6.07) is 0. The Kier molecular flexibility index (Phi) is 3.24. The number of halogens is 1. The van der Waals surface area contributed by atoms with Crippen molar-refractivity contribution in [2.24, 2.45) is 0 Å². The zero-order chi connectivity index (χ0) is 11.5. The average molecular weight is 242 g/mol. The van der Waals surface area contributed by atoms with E-state index in [-0.39, 0.29) is 18.2 Å². The van der Waals surface area contributed by atoms with Gasteiger partial charge in [-0.2, -0.15) is 5.10 Å². The number of hydrogen-bond acceptors (Lipinski definition) is 3. The standard InChI is InChI=1S/C10H12ClN3O2/c11-8-5-12-14(6-8)7-10(16)13-3-1-9(15)2-4-13/h5-6H,1-4,7H2. The summed E-state index contributed by atoms with van der Waals surface area (Å²) in [7, 11) is 0. The van der Waals surface area contributed by atoms with Gasteiger partial charge in [-0.3, -0.25) is 14.3 Å². The van der Waals surface area contributed by atoms with Crippen LogP contribution in [0, 0.1) is 0 Å². The number of amides is 1. The monoisotopic (exact) mass is 241 g/mol. The lowest BCUT2D eigenvalue weighted by molar-refractivity contribution is -0.135. The minimum atomic E-state index is -0.0210. The molecule has 0 spiro atoms. The summed E-state index contributed by atoms with van der Waals surface area (Å²) in [5.74, 6) is 0.207. The molecule has 0 saturated carbocycles. The second kappa shape index (κ2) is 4.65. The Labute approximate surface area is 98.0 Å². The van der Waals surface area contributed by atoms with E-state index in [1.54, 1.807) is 11.1 Å². The van der Waals surface area contributed by atoms with Gasteiger partial charge in [-0.1, -0.05) is 11.6 Å². The van der Waals surface area contributed by atoms with Crippen molar-refractivity contribution in [1.82, 2.24) is 14.7 Å². The predicted molar refractivity (Wildman–Crippen MR) is 58.1 cm³/mol. The van der Waals surface area contributed by atoms with E-state index in [1.165, 1.54) is 10.9 Å². The van der Waals surface area contributed by atoms with Gasteiger partial charge in [0, 0.05) is 32.1 Å². The molecule has 0 atom stereocenters. The van der Waals surface area contributed by atoms with E-state index in [0.29, 0.717) is 31.0 Å². The summed E-state index contributed by atoms with van der Waals surface area (Å²) in [6.45, 7) is 1.22. The summed E-state index contributed by atoms with van der Waals surface area (Å²) in [6.07, 6.45) is 4.03. The number of nitrogens with zero attached hydrogens (tertiary/aromatic N) is 3. The van der Waals surface area contributed by atoms with E-state index in [0.717, 1.165) is 0 Å². The first-order chi connectivity index (χ1) is 7.65. The summed E-state index contributed by atoms with van der Waals surface area (Å²) in [5, 5.41) is 4.45. The minimum Gasteiger partial charge on any atom is -0.340 e. The molecule has 1 aromatic heterocycles. The number of Topliss-reactive ketones (excluding diaryl/α,β-unsaturated/α-hetero) is 1. The molecule has 0 aliphatic carbocycles. The molecule has 6 heteroatoms. The second-order valence-corrected chi connectivity index (χ2v) is 4.21. The van der Waals surface area contributed by atoms with Crippen molar-refractivity contribution in [2.75, 3.05) is 13.1 Å². The number of aromatic nitrogens is 2. The van der Waals surface area contributed by atoms with Gasteiger partial charge in [-0.05, 0) is 0 Å². The maximum absolute atomic E-state index is 11.8. The predicted octanol–water partition coefficient (Wildman–Crippen LogP) is 0.728. The summed E-state index contributed by atoms with van der Waals surface area (Å²) in [4.78, 5) is 24.5. The Balaban J connectivity index is 1.91. The summed E-state index contributed by atoms with van der Waals surface area (Å²) in [5.41, 5.74) is 0. The van der Waals surface area contributed by atoms with Crippen LogP contribution in [-0.2, 0) is 16.1 Å². The lowest BCUT2D eigenvalue weighted by Crippen LogP contribution is -2.40. The second-order valence-electron chi connectivity index (χ2n) is 3.78. The zero-order valence-corrected chi connectivity index (χ0v) is 9.48. The van der Waals surface area contributed by atoms with Crippen molar-refractivity contribution >= 4 is 23.3 Å². The maximum Gasteiger partial charge on any atom is 0.244 e. The molecule has 5 nitrogen and oxygen atoms in total. The van der Waals surface area contributed by atoms with Crippen LogP contribution in [0.15, 0.2) is 12.4 Å². The highest BCUT2D eigenvalue weighted by Gasteiger charge is 2.20. The molecule has 0 bridgehead atoms. The van der Waals surface area contributed by atoms with E-state index >= 15 is 0 Å². The molecule has 0 N–H and O–H groups in total. The Morgan fingerprint density at radius 3 is 2.69 bits per heavy atom. The number of carbonyl (C=O) groups excluding carboxylic acids is 2. The van der Waals surface area contributed by atoms with Crippen LogP contribution in [0.2, 0.25) is 5.02 Å². The third kappa shape index (κ3) is 2.61. The Bertz CT molecular complexity index is 406. The van der Waals surface area contributed by atoms with Crippen molar-refractivity contribution in [3.05, 3.63) is 17.4 Å². The van der Waals surface area contributed by atoms with Gasteiger partial charge in [-0.15, -0.1) is 0 Å². The lowest BCUT2D eigenvalue weighted by atomic mass is 10.1. The first kappa shape index (κ1) is 11.1. The summed E-state index contributed by atoms with van der Waals surface area (Å²) < 4.78 is 1.50. The van der Waals surface area contributed by atoms with Gasteiger partial charge in [0.2, 0.25) is 5.91 Å². The van der Waals surface area contributed by atoms with Gasteiger partial charge in [0.05, 0.1) is 11.2 Å². The lowest BCUT2D eigenvalue weighted by Gasteiger charge is -2.25. The van der Waals surface area contributed by atoms with E-state index in [4.69, 9.17) is 11.6 Å². The van der Waals surface area contributed by atoms with Crippen molar-refractivity contribution in [3.8, 4) is 0 Å². The van der Waals surface area contributed by atoms with E-state index in [1.807, 2.05) is 0 Å². The molecule has 0 aromatic carbocycles. The molecule has 1 amide bonds. The molecular formula is C10H12ClN3O2. The molecule has 1 aromatic rings. The molecule has 2 rings (SSSR count). The van der Waals surface area contributed by atoms with Gasteiger partial charge in [0.15, 0.2) is 0 Å². The van der Waals surface area contributed by atoms with Crippen molar-refractivity contribution in [2.45, 2.75) is 19.4 Å². The van der Waals surface area contributed by atoms with Gasteiger partial charge < -0.3 is 4.90 Å². The molecule has 1 fully saturated rings. The maximum atomic E-state index is 11.8. The zero-order valence-electron chi connectivity index (χ0n) is 8.73. The number of hydrogen-bond donors (Lipinski definition) is 0. The minimum absolute atomic E-state index is 0.0210. The summed E-state index contributed by atoms with van der Waals surface area (Å²) >= 11 is 5.70. The van der Waals surface area contributed by atoms with E-state index in [9.17, 15) is 9.59 Å². The smallest absolute Gasteiger partial charge is 0.244 e. The van der Waals surface area contributed by atoms with Crippen LogP contribution in [0.25, 0.3) is 0 Å². The highest BCUT2D eigenvalue weighted by molar-refractivity contribution is 6.30. The fourth-order valence-corrected chi connectivity index (χ4v) is 1.83. The number of piperidine rings is 1. The third-order valence-corrected chi connectivity index (χ3v) is 2.77. The SMILES string of the molecule is O=C1CCN(C(=O)Cn2cc(Cl)cn2)CC1. The molecule has 86 valence electrons. The molecular weight excluding hydrogens is 230 g/mol.